The molecule has 1 aromatic rings. The third kappa shape index (κ3) is 3.48. The molecule has 1 rings (SSSR count). The lowest BCUT2D eigenvalue weighted by Gasteiger charge is -2.09. The van der Waals surface area contributed by atoms with Crippen molar-refractivity contribution >= 4 is 23.3 Å². The van der Waals surface area contributed by atoms with E-state index in [1.807, 2.05) is 0 Å². The Labute approximate surface area is 87.4 Å². The van der Waals surface area contributed by atoms with E-state index in [0.29, 0.717) is 23.6 Å². The highest BCUT2D eigenvalue weighted by Crippen LogP contribution is 2.21. The van der Waals surface area contributed by atoms with Crippen LogP contribution in [0.15, 0.2) is 0 Å². The predicted octanol–water partition coefficient (Wildman–Crippen LogP) is 3.01. The van der Waals surface area contributed by atoms with Crippen molar-refractivity contribution in [2.75, 3.05) is 6.61 Å². The van der Waals surface area contributed by atoms with Gasteiger partial charge >= 0.3 is 0 Å². The first-order chi connectivity index (χ1) is 6.24. The highest BCUT2D eigenvalue weighted by molar-refractivity contribution is 6.99. The summed E-state index contributed by atoms with van der Waals surface area (Å²) in [5.74, 6) is 1.01. The van der Waals surface area contributed by atoms with Gasteiger partial charge in [0.1, 0.15) is 0 Å². The van der Waals surface area contributed by atoms with Gasteiger partial charge in [-0.1, -0.05) is 31.9 Å². The lowest BCUT2D eigenvalue weighted by atomic mass is 10.1. The van der Waals surface area contributed by atoms with E-state index in [4.69, 9.17) is 16.3 Å². The fourth-order valence-corrected chi connectivity index (χ4v) is 1.70. The van der Waals surface area contributed by atoms with Crippen LogP contribution in [0.4, 0.5) is 0 Å². The van der Waals surface area contributed by atoms with Crippen molar-refractivity contribution in [2.24, 2.45) is 5.92 Å². The minimum Gasteiger partial charge on any atom is -0.475 e. The Morgan fingerprint density at radius 2 is 2.31 bits per heavy atom. The molecule has 0 saturated carbocycles. The van der Waals surface area contributed by atoms with Crippen LogP contribution in [0.3, 0.4) is 0 Å². The molecule has 0 aliphatic rings. The summed E-state index contributed by atoms with van der Waals surface area (Å²) in [4.78, 5) is 0. The summed E-state index contributed by atoms with van der Waals surface area (Å²) in [6, 6.07) is 0. The Hall–Kier alpha value is -0.350. The van der Waals surface area contributed by atoms with E-state index in [1.165, 1.54) is 6.42 Å². The first-order valence-electron chi connectivity index (χ1n) is 4.35. The van der Waals surface area contributed by atoms with Crippen molar-refractivity contribution in [1.29, 1.82) is 0 Å². The number of rotatable bonds is 5. The van der Waals surface area contributed by atoms with Gasteiger partial charge in [-0.05, 0) is 12.3 Å². The van der Waals surface area contributed by atoms with E-state index < -0.39 is 0 Å². The topological polar surface area (TPSA) is 35.0 Å². The highest BCUT2D eigenvalue weighted by Gasteiger charge is 2.08. The highest BCUT2D eigenvalue weighted by atomic mass is 35.5. The number of nitrogens with zero attached hydrogens (tertiary/aromatic N) is 2. The van der Waals surface area contributed by atoms with Gasteiger partial charge in [0.25, 0.3) is 5.88 Å². The van der Waals surface area contributed by atoms with Crippen LogP contribution in [0.5, 0.6) is 5.88 Å². The molecule has 0 radical (unpaired) electrons. The van der Waals surface area contributed by atoms with Crippen LogP contribution in [0, 0.1) is 5.92 Å². The number of hydrogen-bond donors (Lipinski definition) is 0. The SMILES string of the molecule is CCCC(C)COc1nsnc1Cl. The van der Waals surface area contributed by atoms with E-state index in [-0.39, 0.29) is 0 Å². The maximum absolute atomic E-state index is 5.71. The smallest absolute Gasteiger partial charge is 0.265 e. The second-order valence-corrected chi connectivity index (χ2v) is 3.95. The van der Waals surface area contributed by atoms with Gasteiger partial charge in [-0.15, -0.1) is 4.37 Å². The molecule has 0 aliphatic carbocycles. The lowest BCUT2D eigenvalue weighted by Crippen LogP contribution is -2.08. The molecule has 0 spiro atoms. The van der Waals surface area contributed by atoms with Gasteiger partial charge in [-0.25, -0.2) is 0 Å². The molecule has 5 heteroatoms. The Bertz CT molecular complexity index is 254. The monoisotopic (exact) mass is 220 g/mol. The van der Waals surface area contributed by atoms with Gasteiger partial charge in [-0.2, -0.15) is 4.37 Å². The molecule has 0 fully saturated rings. The van der Waals surface area contributed by atoms with Gasteiger partial charge in [0, 0.05) is 0 Å². The fraction of sp³-hybridized carbons (Fsp3) is 0.750. The molecule has 0 aromatic carbocycles. The van der Waals surface area contributed by atoms with Gasteiger partial charge in [-0.3, -0.25) is 0 Å². The van der Waals surface area contributed by atoms with Gasteiger partial charge < -0.3 is 4.74 Å². The van der Waals surface area contributed by atoms with Crippen molar-refractivity contribution in [3.63, 3.8) is 0 Å². The first-order valence-corrected chi connectivity index (χ1v) is 5.45. The molecule has 1 heterocycles. The van der Waals surface area contributed by atoms with Crippen molar-refractivity contribution in [3.05, 3.63) is 5.15 Å². The molecular formula is C8H13ClN2OS. The second kappa shape index (κ2) is 5.40. The van der Waals surface area contributed by atoms with Crippen LogP contribution < -0.4 is 4.74 Å². The number of aromatic nitrogens is 2. The van der Waals surface area contributed by atoms with E-state index in [1.54, 1.807) is 0 Å². The van der Waals surface area contributed by atoms with Crippen LogP contribution in [0.2, 0.25) is 5.15 Å². The summed E-state index contributed by atoms with van der Waals surface area (Å²) < 4.78 is 13.1. The van der Waals surface area contributed by atoms with Crippen LogP contribution >= 0.6 is 23.3 Å². The quantitative estimate of drug-likeness (QED) is 0.765. The van der Waals surface area contributed by atoms with E-state index >= 15 is 0 Å². The minimum absolute atomic E-state index is 0.369. The summed E-state index contributed by atoms with van der Waals surface area (Å²) in [6.45, 7) is 4.98. The maximum atomic E-state index is 5.71. The predicted molar refractivity (Wildman–Crippen MR) is 54.5 cm³/mol. The third-order valence-electron chi connectivity index (χ3n) is 1.71. The third-order valence-corrected chi connectivity index (χ3v) is 2.57. The van der Waals surface area contributed by atoms with Crippen LogP contribution in [0.25, 0.3) is 0 Å². The van der Waals surface area contributed by atoms with Crippen LogP contribution in [-0.4, -0.2) is 15.4 Å². The molecule has 1 atom stereocenters. The van der Waals surface area contributed by atoms with Gasteiger partial charge in [0.15, 0.2) is 0 Å². The molecule has 1 aromatic heterocycles. The first kappa shape index (κ1) is 10.7. The summed E-state index contributed by atoms with van der Waals surface area (Å²) >= 11 is 6.79. The molecule has 1 unspecified atom stereocenters. The average Bonchev–Trinajstić information content (AvgIpc) is 2.48. The normalized spacial score (nSPS) is 12.8. The summed E-state index contributed by atoms with van der Waals surface area (Å²) in [6.07, 6.45) is 2.34. The summed E-state index contributed by atoms with van der Waals surface area (Å²) in [5.41, 5.74) is 0. The van der Waals surface area contributed by atoms with Crippen molar-refractivity contribution in [1.82, 2.24) is 8.75 Å². The van der Waals surface area contributed by atoms with Crippen LogP contribution in [0.1, 0.15) is 26.7 Å². The largest absolute Gasteiger partial charge is 0.475 e. The van der Waals surface area contributed by atoms with Gasteiger partial charge in [0.2, 0.25) is 5.15 Å². The fourth-order valence-electron chi connectivity index (χ4n) is 1.05. The number of ether oxygens (including phenoxy) is 1. The van der Waals surface area contributed by atoms with Gasteiger partial charge in [0.05, 0.1) is 18.3 Å². The van der Waals surface area contributed by atoms with Crippen LogP contribution in [-0.2, 0) is 0 Å². The minimum atomic E-state index is 0.369. The lowest BCUT2D eigenvalue weighted by molar-refractivity contribution is 0.245. The maximum Gasteiger partial charge on any atom is 0.265 e. The zero-order valence-electron chi connectivity index (χ0n) is 7.79. The molecule has 3 nitrogen and oxygen atoms in total. The molecule has 0 saturated heterocycles. The zero-order chi connectivity index (χ0) is 9.68. The standard InChI is InChI=1S/C8H13ClN2OS/c1-3-4-6(2)5-12-8-7(9)10-13-11-8/h6H,3-5H2,1-2H3. The van der Waals surface area contributed by atoms with E-state index in [2.05, 4.69) is 22.6 Å². The molecule has 13 heavy (non-hydrogen) atoms. The Kier molecular flexibility index (Phi) is 4.45. The average molecular weight is 221 g/mol. The molecule has 74 valence electrons. The molecule has 0 bridgehead atoms. The zero-order valence-corrected chi connectivity index (χ0v) is 9.36. The Balaban J connectivity index is 2.30. The molecule has 0 aliphatic heterocycles. The number of halogens is 1. The van der Waals surface area contributed by atoms with Crippen molar-refractivity contribution in [3.8, 4) is 5.88 Å². The Morgan fingerprint density at radius 1 is 1.54 bits per heavy atom. The second-order valence-electron chi connectivity index (χ2n) is 3.07. The summed E-state index contributed by atoms with van der Waals surface area (Å²) in [5, 5.41) is 0.369. The molecular weight excluding hydrogens is 208 g/mol. The number of hydrogen-bond acceptors (Lipinski definition) is 4. The van der Waals surface area contributed by atoms with E-state index in [0.717, 1.165) is 18.1 Å². The van der Waals surface area contributed by atoms with Crippen molar-refractivity contribution < 1.29 is 4.74 Å². The molecule has 0 amide bonds. The summed E-state index contributed by atoms with van der Waals surface area (Å²) in [7, 11) is 0. The van der Waals surface area contributed by atoms with Crippen molar-refractivity contribution in [2.45, 2.75) is 26.7 Å². The van der Waals surface area contributed by atoms with E-state index in [9.17, 15) is 0 Å². The molecule has 0 N–H and O–H groups in total. The Morgan fingerprint density at radius 3 is 2.85 bits per heavy atom.